The Morgan fingerprint density at radius 2 is 2.04 bits per heavy atom. The number of benzene rings is 2. The largest absolute Gasteiger partial charge is 0.507 e. The maximum absolute atomic E-state index is 12.1. The van der Waals surface area contributed by atoms with Gasteiger partial charge in [0.05, 0.1) is 16.6 Å². The lowest BCUT2D eigenvalue weighted by Gasteiger charge is -2.11. The van der Waals surface area contributed by atoms with Crippen LogP contribution in [0.4, 0.5) is 0 Å². The van der Waals surface area contributed by atoms with Gasteiger partial charge in [-0.1, -0.05) is 31.2 Å². The number of phenols is 1. The predicted molar refractivity (Wildman–Crippen MR) is 116 cm³/mol. The van der Waals surface area contributed by atoms with Crippen LogP contribution >= 0.6 is 11.3 Å². The van der Waals surface area contributed by atoms with Gasteiger partial charge in [0, 0.05) is 34.0 Å². The van der Waals surface area contributed by atoms with E-state index in [-0.39, 0.29) is 11.7 Å². The molecule has 2 aromatic heterocycles. The number of rotatable bonds is 5. The van der Waals surface area contributed by atoms with Crippen molar-refractivity contribution in [3.8, 4) is 5.75 Å². The van der Waals surface area contributed by atoms with Crippen molar-refractivity contribution in [2.45, 2.75) is 26.8 Å². The standard InChI is InChI=1S/C22H21N3O2S/c1-3-15-20-17(16-8-5-6-9-18(16)25(20)4-2)12-14(21(15)26)13-23-24-22(27)19-10-7-11-28-19/h5-13,26H,3-4H2,1-2H3,(H,24,27)/b23-13+. The third-order valence-corrected chi connectivity index (χ3v) is 5.81. The molecule has 2 heterocycles. The van der Waals surface area contributed by atoms with Gasteiger partial charge in [-0.15, -0.1) is 11.3 Å². The molecule has 0 saturated heterocycles. The highest BCUT2D eigenvalue weighted by molar-refractivity contribution is 7.12. The maximum Gasteiger partial charge on any atom is 0.281 e. The molecule has 2 N–H and O–H groups in total. The Hall–Kier alpha value is -3.12. The molecule has 4 rings (SSSR count). The van der Waals surface area contributed by atoms with E-state index in [2.05, 4.69) is 34.2 Å². The molecule has 142 valence electrons. The first-order chi connectivity index (χ1) is 13.7. The summed E-state index contributed by atoms with van der Waals surface area (Å²) in [6, 6.07) is 13.8. The van der Waals surface area contributed by atoms with Crippen LogP contribution in [0.2, 0.25) is 0 Å². The van der Waals surface area contributed by atoms with Gasteiger partial charge >= 0.3 is 0 Å². The van der Waals surface area contributed by atoms with Crippen molar-refractivity contribution in [2.75, 3.05) is 0 Å². The highest BCUT2D eigenvalue weighted by atomic mass is 32.1. The summed E-state index contributed by atoms with van der Waals surface area (Å²) in [5, 5.41) is 19.0. The number of fused-ring (bicyclic) bond motifs is 3. The van der Waals surface area contributed by atoms with Crippen LogP contribution in [0.15, 0.2) is 52.9 Å². The number of nitrogens with zero attached hydrogens (tertiary/aromatic N) is 2. The summed E-state index contributed by atoms with van der Waals surface area (Å²) in [5.74, 6) is -0.0493. The minimum atomic E-state index is -0.259. The highest BCUT2D eigenvalue weighted by Gasteiger charge is 2.18. The Bertz CT molecular complexity index is 1190. The SMILES string of the molecule is CCc1c(O)c(/C=N/NC(=O)c2cccs2)cc2c3ccccc3n(CC)c12. The van der Waals surface area contributed by atoms with E-state index in [1.165, 1.54) is 17.6 Å². The van der Waals surface area contributed by atoms with Crippen LogP contribution in [0.1, 0.15) is 34.6 Å². The van der Waals surface area contributed by atoms with Crippen LogP contribution in [-0.4, -0.2) is 21.8 Å². The number of hydrazone groups is 1. The molecule has 0 bridgehead atoms. The quantitative estimate of drug-likeness (QED) is 0.375. The monoisotopic (exact) mass is 391 g/mol. The van der Waals surface area contributed by atoms with Gasteiger partial charge < -0.3 is 9.67 Å². The lowest BCUT2D eigenvalue weighted by molar-refractivity contribution is 0.0959. The molecule has 0 atom stereocenters. The third kappa shape index (κ3) is 2.96. The summed E-state index contributed by atoms with van der Waals surface area (Å²) in [6.45, 7) is 4.96. The van der Waals surface area contributed by atoms with E-state index < -0.39 is 0 Å². The van der Waals surface area contributed by atoms with Gasteiger partial charge in [0.25, 0.3) is 5.91 Å². The van der Waals surface area contributed by atoms with E-state index in [1.807, 2.05) is 36.6 Å². The van der Waals surface area contributed by atoms with Gasteiger partial charge in [-0.2, -0.15) is 5.10 Å². The van der Waals surface area contributed by atoms with Crippen molar-refractivity contribution in [2.24, 2.45) is 5.10 Å². The van der Waals surface area contributed by atoms with Gasteiger partial charge in [0.15, 0.2) is 0 Å². The average molecular weight is 391 g/mol. The van der Waals surface area contributed by atoms with Crippen LogP contribution in [0.3, 0.4) is 0 Å². The van der Waals surface area contributed by atoms with Gasteiger partial charge in [-0.05, 0) is 36.9 Å². The predicted octanol–water partition coefficient (Wildman–Crippen LogP) is 4.91. The summed E-state index contributed by atoms with van der Waals surface area (Å²) in [4.78, 5) is 12.6. The molecule has 0 saturated carbocycles. The molecule has 0 unspecified atom stereocenters. The molecular formula is C22H21N3O2S. The number of para-hydroxylation sites is 1. The van der Waals surface area contributed by atoms with Gasteiger partial charge in [0.2, 0.25) is 0 Å². The van der Waals surface area contributed by atoms with Crippen molar-refractivity contribution in [1.29, 1.82) is 0 Å². The van der Waals surface area contributed by atoms with E-state index >= 15 is 0 Å². The number of carbonyl (C=O) groups excluding carboxylic acids is 1. The van der Waals surface area contributed by atoms with Crippen LogP contribution in [0, 0.1) is 0 Å². The summed E-state index contributed by atoms with van der Waals surface area (Å²) in [5.41, 5.74) is 6.21. The normalized spacial score (nSPS) is 11.6. The fraction of sp³-hybridized carbons (Fsp3) is 0.182. The first kappa shape index (κ1) is 18.3. The van der Waals surface area contributed by atoms with E-state index in [0.29, 0.717) is 16.9 Å². The summed E-state index contributed by atoms with van der Waals surface area (Å²) < 4.78 is 2.24. The number of phenolic OH excluding ortho intramolecular Hbond substituents is 1. The maximum atomic E-state index is 12.1. The molecular weight excluding hydrogens is 370 g/mol. The molecule has 0 aliphatic rings. The van der Waals surface area contributed by atoms with Crippen LogP contribution in [-0.2, 0) is 13.0 Å². The zero-order chi connectivity index (χ0) is 19.7. The van der Waals surface area contributed by atoms with Crippen molar-refractivity contribution in [3.05, 3.63) is 63.8 Å². The smallest absolute Gasteiger partial charge is 0.281 e. The second-order valence-electron chi connectivity index (χ2n) is 6.48. The number of aromatic hydroxyl groups is 1. The molecule has 1 amide bonds. The van der Waals surface area contributed by atoms with E-state index in [4.69, 9.17) is 0 Å². The number of hydrogen-bond donors (Lipinski definition) is 2. The molecule has 0 spiro atoms. The number of carbonyl (C=O) groups is 1. The molecule has 5 nitrogen and oxygen atoms in total. The third-order valence-electron chi connectivity index (χ3n) is 4.94. The molecule has 6 heteroatoms. The molecule has 2 aromatic carbocycles. The second kappa shape index (κ2) is 7.48. The Morgan fingerprint density at radius 3 is 2.75 bits per heavy atom. The Kier molecular flexibility index (Phi) is 4.88. The first-order valence-electron chi connectivity index (χ1n) is 9.28. The molecule has 0 radical (unpaired) electrons. The molecule has 28 heavy (non-hydrogen) atoms. The van der Waals surface area contributed by atoms with Crippen molar-refractivity contribution < 1.29 is 9.90 Å². The Balaban J connectivity index is 1.81. The fourth-order valence-electron chi connectivity index (χ4n) is 3.70. The number of aromatic nitrogens is 1. The van der Waals surface area contributed by atoms with Crippen molar-refractivity contribution >= 4 is 45.3 Å². The summed E-state index contributed by atoms with van der Waals surface area (Å²) in [6.07, 6.45) is 2.21. The zero-order valence-electron chi connectivity index (χ0n) is 15.8. The fourth-order valence-corrected chi connectivity index (χ4v) is 4.31. The molecule has 0 fully saturated rings. The van der Waals surface area contributed by atoms with Gasteiger partial charge in [0.1, 0.15) is 5.75 Å². The number of amides is 1. The van der Waals surface area contributed by atoms with Crippen LogP contribution in [0.25, 0.3) is 21.8 Å². The van der Waals surface area contributed by atoms with Gasteiger partial charge in [-0.25, -0.2) is 5.43 Å². The molecule has 0 aliphatic carbocycles. The summed E-state index contributed by atoms with van der Waals surface area (Å²) in [7, 11) is 0. The average Bonchev–Trinajstić information content (AvgIpc) is 3.35. The van der Waals surface area contributed by atoms with Gasteiger partial charge in [-0.3, -0.25) is 4.79 Å². The molecule has 4 aromatic rings. The Morgan fingerprint density at radius 1 is 1.21 bits per heavy atom. The first-order valence-corrected chi connectivity index (χ1v) is 10.2. The van der Waals surface area contributed by atoms with Crippen LogP contribution in [0.5, 0.6) is 5.75 Å². The number of thiophene rings is 1. The number of aryl methyl sites for hydroxylation is 2. The van der Waals surface area contributed by atoms with E-state index in [0.717, 1.165) is 33.9 Å². The van der Waals surface area contributed by atoms with Crippen molar-refractivity contribution in [1.82, 2.24) is 9.99 Å². The minimum Gasteiger partial charge on any atom is -0.507 e. The zero-order valence-corrected chi connectivity index (χ0v) is 16.6. The van der Waals surface area contributed by atoms with Crippen LogP contribution < -0.4 is 5.43 Å². The number of nitrogens with one attached hydrogen (secondary N) is 1. The number of hydrogen-bond acceptors (Lipinski definition) is 4. The lowest BCUT2D eigenvalue weighted by atomic mass is 10.0. The molecule has 0 aliphatic heterocycles. The van der Waals surface area contributed by atoms with E-state index in [1.54, 1.807) is 6.07 Å². The van der Waals surface area contributed by atoms with E-state index in [9.17, 15) is 9.90 Å². The lowest BCUT2D eigenvalue weighted by Crippen LogP contribution is -2.16. The topological polar surface area (TPSA) is 66.6 Å². The second-order valence-corrected chi connectivity index (χ2v) is 7.43. The Labute approximate surface area is 166 Å². The van der Waals surface area contributed by atoms with Crippen molar-refractivity contribution in [3.63, 3.8) is 0 Å². The summed E-state index contributed by atoms with van der Waals surface area (Å²) >= 11 is 1.36. The minimum absolute atomic E-state index is 0.210. The highest BCUT2D eigenvalue weighted by Crippen LogP contribution is 2.37.